The molecule has 1 aliphatic rings. The van der Waals surface area contributed by atoms with Gasteiger partial charge in [0, 0.05) is 43.4 Å². The fourth-order valence-corrected chi connectivity index (χ4v) is 4.88. The van der Waals surface area contributed by atoms with Crippen LogP contribution >= 0.6 is 0 Å². The molecule has 154 valence electrons. The maximum absolute atomic E-state index is 12.9. The molecule has 0 atom stereocenters. The van der Waals surface area contributed by atoms with Crippen LogP contribution < -0.4 is 4.90 Å². The van der Waals surface area contributed by atoms with Crippen LogP contribution in [0.25, 0.3) is 11.3 Å². The van der Waals surface area contributed by atoms with E-state index in [0.717, 1.165) is 17.1 Å². The number of ketones is 1. The Kier molecular flexibility index (Phi) is 5.61. The van der Waals surface area contributed by atoms with E-state index in [9.17, 15) is 13.2 Å². The highest BCUT2D eigenvalue weighted by Crippen LogP contribution is 2.23. The summed E-state index contributed by atoms with van der Waals surface area (Å²) >= 11 is 0. The summed E-state index contributed by atoms with van der Waals surface area (Å²) < 4.78 is 27.4. The second-order valence-electron chi connectivity index (χ2n) is 7.10. The number of nitrogens with zero attached hydrogens (tertiary/aromatic N) is 4. The summed E-state index contributed by atoms with van der Waals surface area (Å²) in [6.45, 7) is 3.26. The molecule has 7 nitrogen and oxygen atoms in total. The van der Waals surface area contributed by atoms with Gasteiger partial charge in [0.05, 0.1) is 10.6 Å². The number of Topliss-reactive ketones (excluding diaryl/α,β-unsaturated/α-hetero) is 1. The third-order valence-corrected chi connectivity index (χ3v) is 7.10. The predicted octanol–water partition coefficient (Wildman–Crippen LogP) is 2.86. The number of anilines is 1. The summed E-state index contributed by atoms with van der Waals surface area (Å²) in [6, 6.07) is 17.9. The maximum atomic E-state index is 12.9. The molecule has 1 fully saturated rings. The van der Waals surface area contributed by atoms with Crippen LogP contribution in [0.2, 0.25) is 0 Å². The first kappa shape index (κ1) is 20.2. The molecule has 0 bridgehead atoms. The highest BCUT2D eigenvalue weighted by Gasteiger charge is 2.29. The molecule has 2 heterocycles. The van der Waals surface area contributed by atoms with Crippen LogP contribution in [0, 0.1) is 0 Å². The van der Waals surface area contributed by atoms with Crippen molar-refractivity contribution < 1.29 is 13.2 Å². The van der Waals surface area contributed by atoms with E-state index in [1.807, 2.05) is 36.4 Å². The van der Waals surface area contributed by atoms with Gasteiger partial charge in [-0.25, -0.2) is 18.4 Å². The van der Waals surface area contributed by atoms with Crippen molar-refractivity contribution in [2.45, 2.75) is 11.8 Å². The first-order valence-electron chi connectivity index (χ1n) is 9.69. The Morgan fingerprint density at radius 2 is 1.57 bits per heavy atom. The van der Waals surface area contributed by atoms with E-state index in [-0.39, 0.29) is 10.7 Å². The molecule has 0 aliphatic carbocycles. The minimum absolute atomic E-state index is 0.0905. The van der Waals surface area contributed by atoms with Crippen LogP contribution in [0.4, 0.5) is 5.82 Å². The summed E-state index contributed by atoms with van der Waals surface area (Å²) in [5.41, 5.74) is 2.34. The van der Waals surface area contributed by atoms with Crippen molar-refractivity contribution in [1.29, 1.82) is 0 Å². The molecule has 1 aromatic heterocycles. The van der Waals surface area contributed by atoms with Crippen molar-refractivity contribution in [2.75, 3.05) is 31.1 Å². The standard InChI is InChI=1S/C22H22N4O3S/c1-17(27)18-7-9-20(10-8-18)30(28,29)26-13-11-25(12-14-26)22-15-21(23-16-24-22)19-5-3-2-4-6-19/h2-10,15-16H,11-14H2,1H3. The van der Waals surface area contributed by atoms with E-state index in [1.165, 1.54) is 29.7 Å². The summed E-state index contributed by atoms with van der Waals surface area (Å²) in [4.78, 5) is 22.4. The summed E-state index contributed by atoms with van der Waals surface area (Å²) in [5, 5.41) is 0. The van der Waals surface area contributed by atoms with E-state index < -0.39 is 10.0 Å². The number of aromatic nitrogens is 2. The Morgan fingerprint density at radius 3 is 2.20 bits per heavy atom. The van der Waals surface area contributed by atoms with E-state index in [4.69, 9.17) is 0 Å². The molecule has 0 amide bonds. The van der Waals surface area contributed by atoms with Crippen molar-refractivity contribution in [1.82, 2.24) is 14.3 Å². The number of benzene rings is 2. The van der Waals surface area contributed by atoms with Crippen LogP contribution in [0.15, 0.2) is 71.9 Å². The number of hydrogen-bond donors (Lipinski definition) is 0. The molecule has 0 N–H and O–H groups in total. The number of rotatable bonds is 5. The highest BCUT2D eigenvalue weighted by atomic mass is 32.2. The fraction of sp³-hybridized carbons (Fsp3) is 0.227. The number of carbonyl (C=O) groups excluding carboxylic acids is 1. The van der Waals surface area contributed by atoms with Gasteiger partial charge in [0.1, 0.15) is 12.1 Å². The zero-order valence-corrected chi connectivity index (χ0v) is 17.4. The molecule has 3 aromatic rings. The van der Waals surface area contributed by atoms with Crippen LogP contribution in [0.5, 0.6) is 0 Å². The van der Waals surface area contributed by atoms with E-state index in [0.29, 0.717) is 31.7 Å². The molecule has 2 aromatic carbocycles. The summed E-state index contributed by atoms with van der Waals surface area (Å²) in [6.07, 6.45) is 1.54. The molecule has 4 rings (SSSR count). The number of hydrogen-bond acceptors (Lipinski definition) is 6. The summed E-state index contributed by atoms with van der Waals surface area (Å²) in [7, 11) is -3.60. The number of piperazine rings is 1. The molecule has 0 saturated carbocycles. The normalized spacial score (nSPS) is 15.2. The SMILES string of the molecule is CC(=O)c1ccc(S(=O)(=O)N2CCN(c3cc(-c4ccccc4)ncn3)CC2)cc1. The quantitative estimate of drug-likeness (QED) is 0.588. The molecule has 0 spiro atoms. The lowest BCUT2D eigenvalue weighted by molar-refractivity contribution is 0.101. The Hall–Kier alpha value is -3.10. The zero-order valence-electron chi connectivity index (χ0n) is 16.6. The molecular weight excluding hydrogens is 400 g/mol. The maximum Gasteiger partial charge on any atom is 0.243 e. The molecule has 0 unspecified atom stereocenters. The minimum Gasteiger partial charge on any atom is -0.354 e. The lowest BCUT2D eigenvalue weighted by Gasteiger charge is -2.34. The van der Waals surface area contributed by atoms with Crippen LogP contribution in [-0.2, 0) is 10.0 Å². The predicted molar refractivity (Wildman–Crippen MR) is 115 cm³/mol. The lowest BCUT2D eigenvalue weighted by atomic mass is 10.1. The second kappa shape index (κ2) is 8.33. The first-order valence-corrected chi connectivity index (χ1v) is 11.1. The molecule has 8 heteroatoms. The zero-order chi connectivity index (χ0) is 21.1. The highest BCUT2D eigenvalue weighted by molar-refractivity contribution is 7.89. The fourth-order valence-electron chi connectivity index (χ4n) is 3.46. The number of carbonyl (C=O) groups is 1. The average Bonchev–Trinajstić information content (AvgIpc) is 2.80. The van der Waals surface area contributed by atoms with Gasteiger partial charge in [0.25, 0.3) is 0 Å². The second-order valence-corrected chi connectivity index (χ2v) is 9.04. The van der Waals surface area contributed by atoms with E-state index >= 15 is 0 Å². The third kappa shape index (κ3) is 4.10. The molecule has 0 radical (unpaired) electrons. The van der Waals surface area contributed by atoms with Gasteiger partial charge < -0.3 is 4.90 Å². The minimum atomic E-state index is -3.60. The topological polar surface area (TPSA) is 83.5 Å². The average molecular weight is 423 g/mol. The van der Waals surface area contributed by atoms with Gasteiger partial charge in [-0.3, -0.25) is 4.79 Å². The molecule has 1 aliphatic heterocycles. The molecule has 1 saturated heterocycles. The smallest absolute Gasteiger partial charge is 0.243 e. The third-order valence-electron chi connectivity index (χ3n) is 5.18. The van der Waals surface area contributed by atoms with Crippen molar-refractivity contribution in [3.8, 4) is 11.3 Å². The Bertz CT molecular complexity index is 1140. The number of sulfonamides is 1. The van der Waals surface area contributed by atoms with Crippen molar-refractivity contribution in [3.05, 3.63) is 72.6 Å². The lowest BCUT2D eigenvalue weighted by Crippen LogP contribution is -2.48. The van der Waals surface area contributed by atoms with Crippen LogP contribution in [0.3, 0.4) is 0 Å². The Labute approximate surface area is 176 Å². The van der Waals surface area contributed by atoms with E-state index in [2.05, 4.69) is 14.9 Å². The largest absolute Gasteiger partial charge is 0.354 e. The van der Waals surface area contributed by atoms with Crippen molar-refractivity contribution >= 4 is 21.6 Å². The molecule has 30 heavy (non-hydrogen) atoms. The van der Waals surface area contributed by atoms with Gasteiger partial charge in [-0.2, -0.15) is 4.31 Å². The van der Waals surface area contributed by atoms with Gasteiger partial charge in [-0.1, -0.05) is 42.5 Å². The molecular formula is C22H22N4O3S. The van der Waals surface area contributed by atoms with Gasteiger partial charge in [-0.15, -0.1) is 0 Å². The Balaban J connectivity index is 1.47. The van der Waals surface area contributed by atoms with Crippen molar-refractivity contribution in [2.24, 2.45) is 0 Å². The van der Waals surface area contributed by atoms with Crippen LogP contribution in [0.1, 0.15) is 17.3 Å². The van der Waals surface area contributed by atoms with E-state index in [1.54, 1.807) is 12.1 Å². The first-order chi connectivity index (χ1) is 14.4. The monoisotopic (exact) mass is 422 g/mol. The van der Waals surface area contributed by atoms with Gasteiger partial charge >= 0.3 is 0 Å². The Morgan fingerprint density at radius 1 is 0.900 bits per heavy atom. The van der Waals surface area contributed by atoms with Gasteiger partial charge in [0.2, 0.25) is 10.0 Å². The summed E-state index contributed by atoms with van der Waals surface area (Å²) in [5.74, 6) is 0.694. The van der Waals surface area contributed by atoms with Gasteiger partial charge in [0.15, 0.2) is 5.78 Å². The van der Waals surface area contributed by atoms with Crippen LogP contribution in [-0.4, -0.2) is 54.7 Å². The van der Waals surface area contributed by atoms with Crippen molar-refractivity contribution in [3.63, 3.8) is 0 Å². The van der Waals surface area contributed by atoms with Gasteiger partial charge in [-0.05, 0) is 19.1 Å².